The molecule has 1 aromatic rings. The van der Waals surface area contributed by atoms with Crippen LogP contribution in [0.25, 0.3) is 0 Å². The molecule has 104 valence electrons. The molecule has 1 aliphatic rings. The first-order valence-electron chi connectivity index (χ1n) is 6.49. The Morgan fingerprint density at radius 3 is 2.68 bits per heavy atom. The van der Waals surface area contributed by atoms with E-state index in [1.54, 1.807) is 13.4 Å². The lowest BCUT2D eigenvalue weighted by Gasteiger charge is -2.34. The van der Waals surface area contributed by atoms with Gasteiger partial charge in [0.05, 0.1) is 25.7 Å². The van der Waals surface area contributed by atoms with Gasteiger partial charge in [-0.15, -0.1) is 0 Å². The summed E-state index contributed by atoms with van der Waals surface area (Å²) in [7, 11) is 1.59. The maximum atomic E-state index is 12.0. The van der Waals surface area contributed by atoms with E-state index in [0.29, 0.717) is 5.76 Å². The fourth-order valence-corrected chi connectivity index (χ4v) is 2.45. The van der Waals surface area contributed by atoms with Crippen LogP contribution < -0.4 is 5.32 Å². The summed E-state index contributed by atoms with van der Waals surface area (Å²) in [5.41, 5.74) is -0.0766. The number of carbonyl (C=O) groups excluding carboxylic acids is 1. The topological polar surface area (TPSA) is 51.5 Å². The number of hydrogen-bond donors (Lipinski definition) is 1. The van der Waals surface area contributed by atoms with E-state index >= 15 is 0 Å². The number of rotatable bonds is 2. The van der Waals surface area contributed by atoms with Crippen LogP contribution >= 0.6 is 0 Å². The molecule has 0 aromatic carbocycles. The molecule has 1 aliphatic heterocycles. The Hall–Kier alpha value is -1.71. The quantitative estimate of drug-likeness (QED) is 0.892. The summed E-state index contributed by atoms with van der Waals surface area (Å²) in [4.78, 5) is 12.0. The van der Waals surface area contributed by atoms with E-state index < -0.39 is 0 Å². The molecular weight excluding hydrogens is 242 g/mol. The summed E-state index contributed by atoms with van der Waals surface area (Å²) in [5.74, 6) is 1.50. The standard InChI is InChI=1S/C15H21NO3/c1-15(2,3)14-11(12-6-5-7-19-12)8-10(18-4)9-13(17)16-14/h5-8,11,14H,9H2,1-4H3,(H,16,17)/t11-,14-/m1/s1. The highest BCUT2D eigenvalue weighted by Gasteiger charge is 2.37. The van der Waals surface area contributed by atoms with Crippen molar-refractivity contribution < 1.29 is 13.9 Å². The number of amides is 1. The molecule has 0 saturated carbocycles. The lowest BCUT2D eigenvalue weighted by atomic mass is 9.78. The molecule has 0 radical (unpaired) electrons. The second-order valence-electron chi connectivity index (χ2n) is 5.97. The van der Waals surface area contributed by atoms with Gasteiger partial charge in [-0.2, -0.15) is 0 Å². The fourth-order valence-electron chi connectivity index (χ4n) is 2.45. The van der Waals surface area contributed by atoms with E-state index in [0.717, 1.165) is 5.76 Å². The lowest BCUT2D eigenvalue weighted by molar-refractivity contribution is -0.122. The highest BCUT2D eigenvalue weighted by atomic mass is 16.5. The van der Waals surface area contributed by atoms with Gasteiger partial charge in [-0.25, -0.2) is 0 Å². The summed E-state index contributed by atoms with van der Waals surface area (Å²) in [6.45, 7) is 6.33. The van der Waals surface area contributed by atoms with Crippen molar-refractivity contribution in [3.63, 3.8) is 0 Å². The minimum Gasteiger partial charge on any atom is -0.501 e. The number of nitrogens with one attached hydrogen (secondary N) is 1. The van der Waals surface area contributed by atoms with Crippen LogP contribution in [0, 0.1) is 5.41 Å². The Kier molecular flexibility index (Phi) is 3.69. The third-order valence-corrected chi connectivity index (χ3v) is 3.44. The molecular formula is C15H21NO3. The van der Waals surface area contributed by atoms with Crippen LogP contribution in [0.15, 0.2) is 34.6 Å². The third-order valence-electron chi connectivity index (χ3n) is 3.44. The first-order valence-corrected chi connectivity index (χ1v) is 6.49. The van der Waals surface area contributed by atoms with Crippen molar-refractivity contribution in [1.82, 2.24) is 5.32 Å². The molecule has 0 spiro atoms. The number of furan rings is 1. The van der Waals surface area contributed by atoms with Crippen molar-refractivity contribution in [3.05, 3.63) is 36.0 Å². The molecule has 0 fully saturated rings. The van der Waals surface area contributed by atoms with Gasteiger partial charge in [0.25, 0.3) is 0 Å². The summed E-state index contributed by atoms with van der Waals surface area (Å²) in [6, 6.07) is 3.77. The van der Waals surface area contributed by atoms with Crippen LogP contribution in [0.2, 0.25) is 0 Å². The van der Waals surface area contributed by atoms with E-state index in [1.165, 1.54) is 0 Å². The SMILES string of the molecule is COC1=C[C@H](c2ccco2)[C@H](C(C)(C)C)NC(=O)C1. The normalized spacial score (nSPS) is 24.4. The van der Waals surface area contributed by atoms with Crippen molar-refractivity contribution in [1.29, 1.82) is 0 Å². The van der Waals surface area contributed by atoms with E-state index in [2.05, 4.69) is 26.1 Å². The maximum absolute atomic E-state index is 12.0. The molecule has 0 aliphatic carbocycles. The summed E-state index contributed by atoms with van der Waals surface area (Å²) < 4.78 is 10.8. The van der Waals surface area contributed by atoms with Gasteiger partial charge in [-0.1, -0.05) is 20.8 Å². The minimum atomic E-state index is -0.0766. The van der Waals surface area contributed by atoms with Gasteiger partial charge in [0, 0.05) is 6.04 Å². The number of hydrogen-bond acceptors (Lipinski definition) is 3. The van der Waals surface area contributed by atoms with Gasteiger partial charge >= 0.3 is 0 Å². The van der Waals surface area contributed by atoms with Crippen LogP contribution in [-0.4, -0.2) is 19.1 Å². The zero-order chi connectivity index (χ0) is 14.0. The van der Waals surface area contributed by atoms with Crippen LogP contribution in [0.5, 0.6) is 0 Å². The predicted molar refractivity (Wildman–Crippen MR) is 72.5 cm³/mol. The van der Waals surface area contributed by atoms with Gasteiger partial charge in [0.15, 0.2) is 0 Å². The number of methoxy groups -OCH3 is 1. The minimum absolute atomic E-state index is 0.0120. The Labute approximate surface area is 113 Å². The number of ether oxygens (including phenoxy) is 1. The van der Waals surface area contributed by atoms with Crippen molar-refractivity contribution in [2.24, 2.45) is 5.41 Å². The second-order valence-corrected chi connectivity index (χ2v) is 5.97. The van der Waals surface area contributed by atoms with Gasteiger partial charge in [-0.05, 0) is 23.6 Å². The van der Waals surface area contributed by atoms with E-state index in [4.69, 9.17) is 9.15 Å². The summed E-state index contributed by atoms with van der Waals surface area (Å²) in [5, 5.41) is 3.09. The first kappa shape index (κ1) is 13.7. The molecule has 4 heteroatoms. The van der Waals surface area contributed by atoms with Crippen LogP contribution in [-0.2, 0) is 9.53 Å². The molecule has 0 saturated heterocycles. The number of carbonyl (C=O) groups is 1. The average Bonchev–Trinajstić information content (AvgIpc) is 2.78. The fraction of sp³-hybridized carbons (Fsp3) is 0.533. The molecule has 19 heavy (non-hydrogen) atoms. The predicted octanol–water partition coefficient (Wildman–Crippen LogP) is 2.83. The van der Waals surface area contributed by atoms with E-state index in [1.807, 2.05) is 18.2 Å². The van der Waals surface area contributed by atoms with Crippen molar-refractivity contribution in [3.8, 4) is 0 Å². The van der Waals surface area contributed by atoms with Crippen molar-refractivity contribution in [2.45, 2.75) is 39.2 Å². The van der Waals surface area contributed by atoms with Crippen LogP contribution in [0.4, 0.5) is 0 Å². The van der Waals surface area contributed by atoms with Crippen LogP contribution in [0.1, 0.15) is 38.9 Å². The largest absolute Gasteiger partial charge is 0.501 e. The average molecular weight is 263 g/mol. The van der Waals surface area contributed by atoms with E-state index in [9.17, 15) is 4.79 Å². The third kappa shape index (κ3) is 3.00. The Morgan fingerprint density at radius 2 is 2.16 bits per heavy atom. The van der Waals surface area contributed by atoms with Gasteiger partial charge in [0.1, 0.15) is 11.5 Å². The van der Waals surface area contributed by atoms with Gasteiger partial charge in [-0.3, -0.25) is 4.79 Å². The zero-order valence-corrected chi connectivity index (χ0v) is 11.9. The van der Waals surface area contributed by atoms with Crippen molar-refractivity contribution >= 4 is 5.91 Å². The molecule has 2 atom stereocenters. The second kappa shape index (κ2) is 5.11. The summed E-state index contributed by atoms with van der Waals surface area (Å²) in [6.07, 6.45) is 3.93. The Morgan fingerprint density at radius 1 is 1.42 bits per heavy atom. The molecule has 1 amide bonds. The highest BCUT2D eigenvalue weighted by Crippen LogP contribution is 2.35. The highest BCUT2D eigenvalue weighted by molar-refractivity contribution is 5.79. The Balaban J connectivity index is 2.44. The maximum Gasteiger partial charge on any atom is 0.227 e. The monoisotopic (exact) mass is 263 g/mol. The molecule has 2 rings (SSSR count). The Bertz CT molecular complexity index is 468. The molecule has 4 nitrogen and oxygen atoms in total. The smallest absolute Gasteiger partial charge is 0.227 e. The molecule has 0 bridgehead atoms. The van der Waals surface area contributed by atoms with E-state index in [-0.39, 0.29) is 29.7 Å². The van der Waals surface area contributed by atoms with Gasteiger partial charge in [0.2, 0.25) is 5.91 Å². The van der Waals surface area contributed by atoms with Gasteiger partial charge < -0.3 is 14.5 Å². The van der Waals surface area contributed by atoms with Crippen molar-refractivity contribution in [2.75, 3.05) is 7.11 Å². The molecule has 1 aromatic heterocycles. The summed E-state index contributed by atoms with van der Waals surface area (Å²) >= 11 is 0. The van der Waals surface area contributed by atoms with Crippen LogP contribution in [0.3, 0.4) is 0 Å². The molecule has 0 unspecified atom stereocenters. The first-order chi connectivity index (χ1) is 8.91. The molecule has 2 heterocycles. The molecule has 1 N–H and O–H groups in total. The lowest BCUT2D eigenvalue weighted by Crippen LogP contribution is -2.46. The zero-order valence-electron chi connectivity index (χ0n) is 11.9.